The van der Waals surface area contributed by atoms with Gasteiger partial charge in [0, 0.05) is 23.9 Å². The first kappa shape index (κ1) is 18.2. The fourth-order valence-electron chi connectivity index (χ4n) is 2.43. The summed E-state index contributed by atoms with van der Waals surface area (Å²) in [5.74, 6) is 0.882. The summed E-state index contributed by atoms with van der Waals surface area (Å²) >= 11 is 0. The van der Waals surface area contributed by atoms with Crippen molar-refractivity contribution < 1.29 is 22.7 Å². The quantitative estimate of drug-likeness (QED) is 0.807. The molecule has 2 aromatic rings. The number of fused-ring (bicyclic) bond motifs is 1. The number of rotatable bonds is 6. The standard InChI is InChI=1S/C18H20N2O5S/c1-2-9-19-26(22,23)15-6-3-13(4-7-15)18(21)20-14-5-8-16-17(12-14)25-11-10-24-16/h3-8,12,19H,2,9-11H2,1H3,(H,20,21). The lowest BCUT2D eigenvalue weighted by molar-refractivity contribution is 0.102. The molecule has 0 radical (unpaired) electrons. The summed E-state index contributed by atoms with van der Waals surface area (Å²) in [6.07, 6.45) is 0.704. The average molecular weight is 376 g/mol. The lowest BCUT2D eigenvalue weighted by Crippen LogP contribution is -2.24. The van der Waals surface area contributed by atoms with Crippen molar-refractivity contribution in [2.45, 2.75) is 18.2 Å². The van der Waals surface area contributed by atoms with E-state index in [-0.39, 0.29) is 10.8 Å². The molecule has 26 heavy (non-hydrogen) atoms. The molecule has 0 aliphatic carbocycles. The second-order valence-corrected chi connectivity index (χ2v) is 7.50. The van der Waals surface area contributed by atoms with Crippen LogP contribution in [0.5, 0.6) is 11.5 Å². The molecule has 1 aliphatic heterocycles. The van der Waals surface area contributed by atoms with Gasteiger partial charge in [-0.15, -0.1) is 0 Å². The van der Waals surface area contributed by atoms with E-state index < -0.39 is 10.0 Å². The van der Waals surface area contributed by atoms with Gasteiger partial charge in [-0.2, -0.15) is 0 Å². The first-order valence-corrected chi connectivity index (χ1v) is 9.78. The van der Waals surface area contributed by atoms with Crippen LogP contribution < -0.4 is 19.5 Å². The van der Waals surface area contributed by atoms with Crippen LogP contribution in [-0.4, -0.2) is 34.1 Å². The molecular formula is C18H20N2O5S. The van der Waals surface area contributed by atoms with Crippen molar-refractivity contribution in [3.8, 4) is 11.5 Å². The zero-order valence-electron chi connectivity index (χ0n) is 14.3. The van der Waals surface area contributed by atoms with E-state index in [0.717, 1.165) is 0 Å². The monoisotopic (exact) mass is 376 g/mol. The second kappa shape index (κ2) is 7.76. The molecule has 0 unspecified atom stereocenters. The highest BCUT2D eigenvalue weighted by Crippen LogP contribution is 2.32. The first-order chi connectivity index (χ1) is 12.5. The summed E-state index contributed by atoms with van der Waals surface area (Å²) in [5, 5.41) is 2.76. The topological polar surface area (TPSA) is 93.7 Å². The number of hydrogen-bond donors (Lipinski definition) is 2. The number of carbonyl (C=O) groups excluding carboxylic acids is 1. The fraction of sp³-hybridized carbons (Fsp3) is 0.278. The summed E-state index contributed by atoms with van der Waals surface area (Å²) in [6.45, 7) is 3.22. The van der Waals surface area contributed by atoms with Crippen LogP contribution >= 0.6 is 0 Å². The average Bonchev–Trinajstić information content (AvgIpc) is 2.66. The van der Waals surface area contributed by atoms with E-state index in [0.29, 0.717) is 48.9 Å². The zero-order chi connectivity index (χ0) is 18.6. The third-order valence-corrected chi connectivity index (χ3v) is 5.25. The third-order valence-electron chi connectivity index (χ3n) is 3.77. The number of nitrogens with one attached hydrogen (secondary N) is 2. The number of anilines is 1. The van der Waals surface area contributed by atoms with Crippen LogP contribution in [-0.2, 0) is 10.0 Å². The highest BCUT2D eigenvalue weighted by molar-refractivity contribution is 7.89. The predicted octanol–water partition coefficient (Wildman–Crippen LogP) is 2.40. The summed E-state index contributed by atoms with van der Waals surface area (Å²) in [5.41, 5.74) is 0.926. The van der Waals surface area contributed by atoms with Gasteiger partial charge in [-0.25, -0.2) is 13.1 Å². The first-order valence-electron chi connectivity index (χ1n) is 8.30. The van der Waals surface area contributed by atoms with Gasteiger partial charge in [0.25, 0.3) is 5.91 Å². The Morgan fingerprint density at radius 1 is 1.04 bits per heavy atom. The van der Waals surface area contributed by atoms with Crippen LogP contribution in [0.15, 0.2) is 47.4 Å². The molecule has 3 rings (SSSR count). The van der Waals surface area contributed by atoms with Crippen molar-refractivity contribution in [2.75, 3.05) is 25.1 Å². The Bertz CT molecular complexity index is 894. The second-order valence-electron chi connectivity index (χ2n) is 5.73. The Kier molecular flexibility index (Phi) is 5.43. The van der Waals surface area contributed by atoms with Gasteiger partial charge in [0.1, 0.15) is 13.2 Å². The van der Waals surface area contributed by atoms with E-state index >= 15 is 0 Å². The lowest BCUT2D eigenvalue weighted by Gasteiger charge is -2.19. The molecule has 1 amide bonds. The number of amides is 1. The summed E-state index contributed by atoms with van der Waals surface area (Å²) in [7, 11) is -3.55. The molecule has 138 valence electrons. The maximum absolute atomic E-state index is 12.4. The van der Waals surface area contributed by atoms with E-state index in [9.17, 15) is 13.2 Å². The number of benzene rings is 2. The SMILES string of the molecule is CCCNS(=O)(=O)c1ccc(C(=O)Nc2ccc3c(c2)OCCO3)cc1. The molecule has 0 spiro atoms. The number of hydrogen-bond acceptors (Lipinski definition) is 5. The molecule has 0 fully saturated rings. The van der Waals surface area contributed by atoms with Crippen LogP contribution in [0, 0.1) is 0 Å². The molecule has 0 aromatic heterocycles. The van der Waals surface area contributed by atoms with Gasteiger partial charge in [-0.3, -0.25) is 4.79 Å². The van der Waals surface area contributed by atoms with Crippen LogP contribution in [0.3, 0.4) is 0 Å². The molecule has 0 bridgehead atoms. The van der Waals surface area contributed by atoms with Crippen molar-refractivity contribution in [1.82, 2.24) is 4.72 Å². The fourth-order valence-corrected chi connectivity index (χ4v) is 3.56. The Morgan fingerprint density at radius 2 is 1.73 bits per heavy atom. The molecule has 0 saturated heterocycles. The number of sulfonamides is 1. The Morgan fingerprint density at radius 3 is 2.42 bits per heavy atom. The number of carbonyl (C=O) groups is 1. The van der Waals surface area contributed by atoms with Crippen molar-refractivity contribution in [2.24, 2.45) is 0 Å². The molecule has 2 N–H and O–H groups in total. The largest absolute Gasteiger partial charge is 0.486 e. The Balaban J connectivity index is 1.70. The predicted molar refractivity (Wildman–Crippen MR) is 97.3 cm³/mol. The summed E-state index contributed by atoms with van der Waals surface area (Å²) in [6, 6.07) is 10.9. The van der Waals surface area contributed by atoms with Crippen LogP contribution in [0.1, 0.15) is 23.7 Å². The maximum atomic E-state index is 12.4. The highest BCUT2D eigenvalue weighted by Gasteiger charge is 2.16. The van der Waals surface area contributed by atoms with E-state index in [1.807, 2.05) is 6.92 Å². The lowest BCUT2D eigenvalue weighted by atomic mass is 10.2. The summed E-state index contributed by atoms with van der Waals surface area (Å²) in [4.78, 5) is 12.5. The van der Waals surface area contributed by atoms with Crippen LogP contribution in [0.4, 0.5) is 5.69 Å². The van der Waals surface area contributed by atoms with Gasteiger partial charge < -0.3 is 14.8 Å². The maximum Gasteiger partial charge on any atom is 0.255 e. The van der Waals surface area contributed by atoms with E-state index in [4.69, 9.17) is 9.47 Å². The highest BCUT2D eigenvalue weighted by atomic mass is 32.2. The molecule has 0 atom stereocenters. The molecule has 7 nitrogen and oxygen atoms in total. The van der Waals surface area contributed by atoms with Crippen molar-refractivity contribution >= 4 is 21.6 Å². The minimum absolute atomic E-state index is 0.127. The molecule has 8 heteroatoms. The van der Waals surface area contributed by atoms with Crippen LogP contribution in [0.25, 0.3) is 0 Å². The minimum Gasteiger partial charge on any atom is -0.486 e. The molecule has 1 aliphatic rings. The van der Waals surface area contributed by atoms with Crippen molar-refractivity contribution in [3.63, 3.8) is 0 Å². The van der Waals surface area contributed by atoms with E-state index in [1.165, 1.54) is 24.3 Å². The molecule has 0 saturated carbocycles. The normalized spacial score (nSPS) is 13.3. The zero-order valence-corrected chi connectivity index (χ0v) is 15.1. The Hall–Kier alpha value is -2.58. The molecule has 1 heterocycles. The molecule has 2 aromatic carbocycles. The minimum atomic E-state index is -3.55. The van der Waals surface area contributed by atoms with Gasteiger partial charge in [0.05, 0.1) is 4.90 Å². The van der Waals surface area contributed by atoms with E-state index in [1.54, 1.807) is 18.2 Å². The Labute approximate surface area is 152 Å². The van der Waals surface area contributed by atoms with Crippen LogP contribution in [0.2, 0.25) is 0 Å². The van der Waals surface area contributed by atoms with Gasteiger partial charge >= 0.3 is 0 Å². The summed E-state index contributed by atoms with van der Waals surface area (Å²) < 4.78 is 37.5. The third kappa shape index (κ3) is 4.14. The van der Waals surface area contributed by atoms with E-state index in [2.05, 4.69) is 10.0 Å². The number of ether oxygens (including phenoxy) is 2. The van der Waals surface area contributed by atoms with Gasteiger partial charge in [-0.05, 0) is 42.8 Å². The van der Waals surface area contributed by atoms with Crippen molar-refractivity contribution in [1.29, 1.82) is 0 Å². The van der Waals surface area contributed by atoms with Gasteiger partial charge in [0.15, 0.2) is 11.5 Å². The smallest absolute Gasteiger partial charge is 0.255 e. The van der Waals surface area contributed by atoms with Gasteiger partial charge in [-0.1, -0.05) is 6.92 Å². The molecular weight excluding hydrogens is 356 g/mol. The van der Waals surface area contributed by atoms with Crippen molar-refractivity contribution in [3.05, 3.63) is 48.0 Å². The van der Waals surface area contributed by atoms with Gasteiger partial charge in [0.2, 0.25) is 10.0 Å².